The summed E-state index contributed by atoms with van der Waals surface area (Å²) in [5.41, 5.74) is 1.80. The summed E-state index contributed by atoms with van der Waals surface area (Å²) in [7, 11) is 0. The number of hydrogen-bond donors (Lipinski definition) is 1. The molecule has 2 nitrogen and oxygen atoms in total. The molecule has 0 radical (unpaired) electrons. The van der Waals surface area contributed by atoms with Crippen LogP contribution in [-0.4, -0.2) is 5.91 Å². The zero-order valence-corrected chi connectivity index (χ0v) is 11.9. The average Bonchev–Trinajstić information content (AvgIpc) is 2.77. The zero-order valence-electron chi connectivity index (χ0n) is 8.74. The van der Waals surface area contributed by atoms with Crippen molar-refractivity contribution in [2.45, 2.75) is 5.88 Å². The third kappa shape index (κ3) is 3.31. The van der Waals surface area contributed by atoms with Crippen molar-refractivity contribution in [1.82, 2.24) is 0 Å². The summed E-state index contributed by atoms with van der Waals surface area (Å²) in [6, 6.07) is 11.1. The van der Waals surface area contributed by atoms with Crippen LogP contribution in [0.5, 0.6) is 0 Å². The van der Waals surface area contributed by atoms with Gasteiger partial charge < -0.3 is 5.32 Å². The smallest absolute Gasteiger partial charge is 0.265 e. The molecular formula is C12H9BrClNOS. The monoisotopic (exact) mass is 329 g/mol. The van der Waals surface area contributed by atoms with E-state index in [2.05, 4.69) is 21.2 Å². The molecule has 1 amide bonds. The number of halogens is 2. The lowest BCUT2D eigenvalue weighted by Crippen LogP contribution is -2.09. The Kier molecular flexibility index (Phi) is 4.20. The molecule has 0 saturated heterocycles. The van der Waals surface area contributed by atoms with Crippen molar-refractivity contribution in [3.05, 3.63) is 50.6 Å². The fourth-order valence-electron chi connectivity index (χ4n) is 1.31. The molecule has 1 aromatic heterocycles. The molecule has 0 saturated carbocycles. The van der Waals surface area contributed by atoms with Gasteiger partial charge in [-0.25, -0.2) is 0 Å². The second kappa shape index (κ2) is 5.67. The minimum absolute atomic E-state index is 0.0978. The molecule has 0 aliphatic rings. The van der Waals surface area contributed by atoms with E-state index in [-0.39, 0.29) is 5.91 Å². The number of carbonyl (C=O) groups is 1. The van der Waals surface area contributed by atoms with E-state index in [1.165, 1.54) is 11.3 Å². The number of carbonyl (C=O) groups excluding carboxylic acids is 1. The lowest BCUT2D eigenvalue weighted by molar-refractivity contribution is 0.103. The Hall–Kier alpha value is -0.840. The van der Waals surface area contributed by atoms with Gasteiger partial charge in [-0.1, -0.05) is 12.1 Å². The summed E-state index contributed by atoms with van der Waals surface area (Å²) in [6.07, 6.45) is 0. The van der Waals surface area contributed by atoms with Crippen molar-refractivity contribution in [2.24, 2.45) is 0 Å². The van der Waals surface area contributed by atoms with E-state index in [1.807, 2.05) is 30.3 Å². The third-order valence-corrected chi connectivity index (χ3v) is 4.09. The van der Waals surface area contributed by atoms with Crippen LogP contribution < -0.4 is 5.32 Å². The van der Waals surface area contributed by atoms with E-state index >= 15 is 0 Å². The van der Waals surface area contributed by atoms with E-state index in [1.54, 1.807) is 6.07 Å². The maximum atomic E-state index is 11.8. The van der Waals surface area contributed by atoms with Gasteiger partial charge in [0.2, 0.25) is 0 Å². The van der Waals surface area contributed by atoms with Gasteiger partial charge in [0.15, 0.2) is 0 Å². The number of rotatable bonds is 3. The number of thiophene rings is 1. The van der Waals surface area contributed by atoms with Crippen molar-refractivity contribution in [3.8, 4) is 0 Å². The summed E-state index contributed by atoms with van der Waals surface area (Å²) >= 11 is 10.4. The Morgan fingerprint density at radius 3 is 2.47 bits per heavy atom. The molecule has 0 aliphatic heterocycles. The number of hydrogen-bond acceptors (Lipinski definition) is 2. The number of anilines is 1. The number of alkyl halides is 1. The third-order valence-electron chi connectivity index (χ3n) is 2.16. The summed E-state index contributed by atoms with van der Waals surface area (Å²) < 4.78 is 0.945. The predicted octanol–water partition coefficient (Wildman–Crippen LogP) is 4.50. The Bertz CT molecular complexity index is 524. The molecule has 0 atom stereocenters. The lowest BCUT2D eigenvalue weighted by atomic mass is 10.2. The molecule has 0 spiro atoms. The number of amides is 1. The van der Waals surface area contributed by atoms with Crippen molar-refractivity contribution in [3.63, 3.8) is 0 Å². The topological polar surface area (TPSA) is 29.1 Å². The molecule has 1 heterocycles. The lowest BCUT2D eigenvalue weighted by Gasteiger charge is -2.03. The van der Waals surface area contributed by atoms with Crippen LogP contribution in [0.3, 0.4) is 0 Å². The molecule has 1 aromatic carbocycles. The van der Waals surface area contributed by atoms with Crippen LogP contribution in [0.4, 0.5) is 5.69 Å². The summed E-state index contributed by atoms with van der Waals surface area (Å²) in [5.74, 6) is 0.380. The molecule has 5 heteroatoms. The Morgan fingerprint density at radius 1 is 1.24 bits per heavy atom. The minimum Gasteiger partial charge on any atom is -0.321 e. The van der Waals surface area contributed by atoms with Crippen LogP contribution in [0.2, 0.25) is 0 Å². The van der Waals surface area contributed by atoms with E-state index < -0.39 is 0 Å². The van der Waals surface area contributed by atoms with Gasteiger partial charge in [0, 0.05) is 11.6 Å². The van der Waals surface area contributed by atoms with E-state index in [0.717, 1.165) is 15.0 Å². The second-order valence-corrected chi connectivity index (χ2v) is 6.12. The summed E-state index contributed by atoms with van der Waals surface area (Å²) in [6.45, 7) is 0. The Morgan fingerprint density at radius 2 is 1.94 bits per heavy atom. The molecule has 0 unspecified atom stereocenters. The normalized spacial score (nSPS) is 10.2. The van der Waals surface area contributed by atoms with Crippen molar-refractivity contribution in [1.29, 1.82) is 0 Å². The van der Waals surface area contributed by atoms with Crippen LogP contribution in [0.15, 0.2) is 40.2 Å². The highest BCUT2D eigenvalue weighted by atomic mass is 79.9. The van der Waals surface area contributed by atoms with Gasteiger partial charge >= 0.3 is 0 Å². The Balaban J connectivity index is 2.07. The van der Waals surface area contributed by atoms with Gasteiger partial charge in [0.1, 0.15) is 0 Å². The molecule has 88 valence electrons. The van der Waals surface area contributed by atoms with E-state index in [9.17, 15) is 4.79 Å². The van der Waals surface area contributed by atoms with Crippen LogP contribution in [0, 0.1) is 0 Å². The van der Waals surface area contributed by atoms with Gasteiger partial charge in [-0.05, 0) is 45.8 Å². The maximum Gasteiger partial charge on any atom is 0.265 e. The first-order chi connectivity index (χ1) is 8.19. The fourth-order valence-corrected chi connectivity index (χ4v) is 2.77. The largest absolute Gasteiger partial charge is 0.321 e. The first kappa shape index (κ1) is 12.6. The first-order valence-electron chi connectivity index (χ1n) is 4.90. The van der Waals surface area contributed by atoms with Crippen LogP contribution in [0.1, 0.15) is 15.2 Å². The first-order valence-corrected chi connectivity index (χ1v) is 7.05. The molecule has 2 rings (SSSR count). The van der Waals surface area contributed by atoms with Gasteiger partial charge in [-0.2, -0.15) is 0 Å². The number of benzene rings is 1. The molecule has 2 aromatic rings. The van der Waals surface area contributed by atoms with Crippen molar-refractivity contribution >= 4 is 50.5 Å². The molecule has 17 heavy (non-hydrogen) atoms. The van der Waals surface area contributed by atoms with E-state index in [0.29, 0.717) is 10.8 Å². The number of nitrogens with one attached hydrogen (secondary N) is 1. The van der Waals surface area contributed by atoms with Crippen LogP contribution >= 0.6 is 38.9 Å². The highest BCUT2D eigenvalue weighted by Gasteiger charge is 2.08. The van der Waals surface area contributed by atoms with Crippen molar-refractivity contribution < 1.29 is 4.79 Å². The van der Waals surface area contributed by atoms with Gasteiger partial charge in [0.05, 0.1) is 8.66 Å². The predicted molar refractivity (Wildman–Crippen MR) is 76.0 cm³/mol. The van der Waals surface area contributed by atoms with Gasteiger partial charge in [0.25, 0.3) is 5.91 Å². The van der Waals surface area contributed by atoms with Gasteiger partial charge in [-0.15, -0.1) is 22.9 Å². The van der Waals surface area contributed by atoms with Gasteiger partial charge in [-0.3, -0.25) is 4.79 Å². The maximum absolute atomic E-state index is 11.8. The van der Waals surface area contributed by atoms with Crippen LogP contribution in [0.25, 0.3) is 0 Å². The van der Waals surface area contributed by atoms with Crippen molar-refractivity contribution in [2.75, 3.05) is 5.32 Å². The highest BCUT2D eigenvalue weighted by Crippen LogP contribution is 2.23. The van der Waals surface area contributed by atoms with Crippen LogP contribution in [-0.2, 0) is 5.88 Å². The Labute approximate surface area is 117 Å². The molecule has 0 fully saturated rings. The fraction of sp³-hybridized carbons (Fsp3) is 0.0833. The summed E-state index contributed by atoms with van der Waals surface area (Å²) in [5, 5.41) is 2.83. The zero-order chi connectivity index (χ0) is 12.3. The van der Waals surface area contributed by atoms with E-state index in [4.69, 9.17) is 11.6 Å². The standard InChI is InChI=1S/C12H9BrClNOS/c13-11-6-5-10(17-11)12(16)15-9-3-1-8(7-14)2-4-9/h1-6H,7H2,(H,15,16). The molecule has 1 N–H and O–H groups in total. The molecule has 0 bridgehead atoms. The average molecular weight is 331 g/mol. The second-order valence-electron chi connectivity index (χ2n) is 3.39. The minimum atomic E-state index is -0.0978. The molecule has 0 aliphatic carbocycles. The summed E-state index contributed by atoms with van der Waals surface area (Å²) in [4.78, 5) is 12.5. The quantitative estimate of drug-likeness (QED) is 0.825. The molecular weight excluding hydrogens is 322 g/mol. The SMILES string of the molecule is O=C(Nc1ccc(CCl)cc1)c1ccc(Br)s1. The highest BCUT2D eigenvalue weighted by molar-refractivity contribution is 9.11.